The number of sulfonamides is 1. The molecule has 0 aliphatic carbocycles. The largest absolute Gasteiger partial charge is 0.465 e. The van der Waals surface area contributed by atoms with Gasteiger partial charge in [-0.05, 0) is 24.3 Å². The lowest BCUT2D eigenvalue weighted by molar-refractivity contribution is 0.0600. The fourth-order valence-electron chi connectivity index (χ4n) is 2.29. The Balaban J connectivity index is 2.29. The minimum absolute atomic E-state index is 0.00289. The number of esters is 1. The third kappa shape index (κ3) is 2.70. The lowest BCUT2D eigenvalue weighted by Crippen LogP contribution is -2.16. The van der Waals surface area contributed by atoms with Crippen molar-refractivity contribution in [3.8, 4) is 11.5 Å². The van der Waals surface area contributed by atoms with Gasteiger partial charge in [0.15, 0.2) is 5.75 Å². The number of ether oxygens (including phenoxy) is 2. The van der Waals surface area contributed by atoms with Crippen LogP contribution in [0.5, 0.6) is 11.5 Å². The van der Waals surface area contributed by atoms with Crippen LogP contribution in [-0.4, -0.2) is 27.4 Å². The quantitative estimate of drug-likeness (QED) is 0.792. The summed E-state index contributed by atoms with van der Waals surface area (Å²) in [6.07, 6.45) is 0. The van der Waals surface area contributed by atoms with Crippen LogP contribution in [0.4, 0.5) is 5.69 Å². The summed E-state index contributed by atoms with van der Waals surface area (Å²) in [5.74, 6) is -1.28. The molecule has 0 atom stereocenters. The molecule has 0 fully saturated rings. The zero-order valence-corrected chi connectivity index (χ0v) is 13.2. The second kappa shape index (κ2) is 5.62. The highest BCUT2D eigenvalue weighted by Crippen LogP contribution is 2.40. The van der Waals surface area contributed by atoms with Gasteiger partial charge in [0.25, 0.3) is 5.91 Å². The van der Waals surface area contributed by atoms with Crippen LogP contribution in [0.3, 0.4) is 0 Å². The zero-order valence-electron chi connectivity index (χ0n) is 12.4. The summed E-state index contributed by atoms with van der Waals surface area (Å²) in [4.78, 5) is 23.6. The smallest absolute Gasteiger partial charge is 0.337 e. The van der Waals surface area contributed by atoms with Crippen LogP contribution in [0.2, 0.25) is 0 Å². The van der Waals surface area contributed by atoms with Gasteiger partial charge in [-0.15, -0.1) is 0 Å². The highest BCUT2D eigenvalue weighted by Gasteiger charge is 2.28. The van der Waals surface area contributed by atoms with Crippen molar-refractivity contribution in [2.75, 3.05) is 12.4 Å². The Labute approximate surface area is 137 Å². The van der Waals surface area contributed by atoms with E-state index in [0.29, 0.717) is 0 Å². The summed E-state index contributed by atoms with van der Waals surface area (Å²) in [6, 6.07) is 8.62. The molecule has 0 unspecified atom stereocenters. The molecule has 8 nitrogen and oxygen atoms in total. The van der Waals surface area contributed by atoms with Crippen LogP contribution in [-0.2, 0) is 14.8 Å². The van der Waals surface area contributed by atoms with Crippen molar-refractivity contribution in [2.24, 2.45) is 5.14 Å². The predicted octanol–water partition coefficient (Wildman–Crippen LogP) is 1.48. The number of para-hydroxylation sites is 1. The van der Waals surface area contributed by atoms with E-state index in [0.717, 1.165) is 13.2 Å². The lowest BCUT2D eigenvalue weighted by Gasteiger charge is -2.13. The van der Waals surface area contributed by atoms with Crippen LogP contribution in [0.1, 0.15) is 20.7 Å². The average molecular weight is 348 g/mol. The maximum absolute atomic E-state index is 12.3. The SMILES string of the molecule is COC(=O)c1cc2c(c(S(N)(=O)=O)c1)Oc1ccccc1C(=O)N2. The molecule has 2 aromatic carbocycles. The summed E-state index contributed by atoms with van der Waals surface area (Å²) in [6.45, 7) is 0. The van der Waals surface area contributed by atoms with E-state index < -0.39 is 26.8 Å². The van der Waals surface area contributed by atoms with E-state index in [-0.39, 0.29) is 28.3 Å². The molecule has 2 aromatic rings. The molecular formula is C15H12N2O6S. The van der Waals surface area contributed by atoms with Crippen LogP contribution in [0.25, 0.3) is 0 Å². The van der Waals surface area contributed by atoms with Gasteiger partial charge < -0.3 is 14.8 Å². The summed E-state index contributed by atoms with van der Waals surface area (Å²) in [5.41, 5.74) is 0.131. The van der Waals surface area contributed by atoms with E-state index in [4.69, 9.17) is 9.88 Å². The Morgan fingerprint density at radius 3 is 2.62 bits per heavy atom. The highest BCUT2D eigenvalue weighted by molar-refractivity contribution is 7.89. The second-order valence-corrected chi connectivity index (χ2v) is 6.47. The van der Waals surface area contributed by atoms with Gasteiger partial charge in [-0.3, -0.25) is 4.79 Å². The Morgan fingerprint density at radius 1 is 1.25 bits per heavy atom. The number of carbonyl (C=O) groups is 2. The molecule has 3 N–H and O–H groups in total. The predicted molar refractivity (Wildman–Crippen MR) is 83.6 cm³/mol. The number of hydrogen-bond acceptors (Lipinski definition) is 6. The zero-order chi connectivity index (χ0) is 17.5. The lowest BCUT2D eigenvalue weighted by atomic mass is 10.1. The summed E-state index contributed by atoms with van der Waals surface area (Å²) >= 11 is 0. The molecule has 1 heterocycles. The van der Waals surface area contributed by atoms with E-state index in [2.05, 4.69) is 10.1 Å². The van der Waals surface area contributed by atoms with Gasteiger partial charge in [0.2, 0.25) is 10.0 Å². The minimum atomic E-state index is -4.23. The normalized spacial score (nSPS) is 13.0. The molecule has 0 saturated heterocycles. The monoisotopic (exact) mass is 348 g/mol. The molecule has 1 aliphatic heterocycles. The number of hydrogen-bond donors (Lipinski definition) is 2. The molecule has 1 aliphatic rings. The number of primary sulfonamides is 1. The van der Waals surface area contributed by atoms with Crippen LogP contribution in [0, 0.1) is 0 Å². The van der Waals surface area contributed by atoms with Gasteiger partial charge >= 0.3 is 5.97 Å². The van der Waals surface area contributed by atoms with E-state index in [9.17, 15) is 18.0 Å². The maximum atomic E-state index is 12.3. The van der Waals surface area contributed by atoms with Crippen molar-refractivity contribution in [1.29, 1.82) is 0 Å². The van der Waals surface area contributed by atoms with Gasteiger partial charge in [0.1, 0.15) is 10.6 Å². The van der Waals surface area contributed by atoms with Gasteiger partial charge in [-0.1, -0.05) is 12.1 Å². The Kier molecular flexibility index (Phi) is 3.74. The molecule has 1 amide bonds. The third-order valence-electron chi connectivity index (χ3n) is 3.37. The molecule has 3 rings (SSSR count). The molecule has 9 heteroatoms. The molecule has 0 radical (unpaired) electrons. The first kappa shape index (κ1) is 16.0. The summed E-state index contributed by atoms with van der Waals surface area (Å²) < 4.78 is 34.0. The Morgan fingerprint density at radius 2 is 1.96 bits per heavy atom. The molecule has 0 aromatic heterocycles. The van der Waals surface area contributed by atoms with Gasteiger partial charge in [-0.2, -0.15) is 0 Å². The topological polar surface area (TPSA) is 125 Å². The van der Waals surface area contributed by atoms with Gasteiger partial charge in [0, 0.05) is 0 Å². The molecule has 0 spiro atoms. The molecule has 124 valence electrons. The molecule has 0 saturated carbocycles. The number of carbonyl (C=O) groups excluding carboxylic acids is 2. The van der Waals surface area contributed by atoms with Crippen LogP contribution >= 0.6 is 0 Å². The molecule has 0 bridgehead atoms. The van der Waals surface area contributed by atoms with Crippen molar-refractivity contribution >= 4 is 27.6 Å². The fourth-order valence-corrected chi connectivity index (χ4v) is 2.99. The highest BCUT2D eigenvalue weighted by atomic mass is 32.2. The minimum Gasteiger partial charge on any atom is -0.465 e. The van der Waals surface area contributed by atoms with E-state index in [1.54, 1.807) is 12.1 Å². The third-order valence-corrected chi connectivity index (χ3v) is 4.29. The number of nitrogens with one attached hydrogen (secondary N) is 1. The van der Waals surface area contributed by atoms with E-state index in [1.165, 1.54) is 18.2 Å². The van der Waals surface area contributed by atoms with Crippen molar-refractivity contribution in [3.05, 3.63) is 47.5 Å². The number of benzene rings is 2. The first-order chi connectivity index (χ1) is 11.3. The standard InChI is InChI=1S/C15H12N2O6S/c1-22-15(19)8-6-10-13(12(7-8)24(16,20)21)23-11-5-3-2-4-9(11)14(18)17-10/h2-7H,1H3,(H,17,18)(H2,16,20,21). The maximum Gasteiger partial charge on any atom is 0.337 e. The van der Waals surface area contributed by atoms with Gasteiger partial charge in [0.05, 0.1) is 23.9 Å². The Hall–Kier alpha value is -2.91. The number of fused-ring (bicyclic) bond motifs is 2. The average Bonchev–Trinajstić information content (AvgIpc) is 2.68. The van der Waals surface area contributed by atoms with Crippen LogP contribution < -0.4 is 15.2 Å². The summed E-state index contributed by atoms with van der Waals surface area (Å²) in [7, 11) is -3.08. The van der Waals surface area contributed by atoms with Crippen LogP contribution in [0.15, 0.2) is 41.3 Å². The number of nitrogens with two attached hydrogens (primary N) is 1. The first-order valence-corrected chi connectivity index (χ1v) is 8.23. The Bertz CT molecular complexity index is 968. The van der Waals surface area contributed by atoms with Gasteiger partial charge in [-0.25, -0.2) is 18.4 Å². The van der Waals surface area contributed by atoms with Crippen molar-refractivity contribution in [2.45, 2.75) is 4.90 Å². The van der Waals surface area contributed by atoms with Crippen molar-refractivity contribution in [1.82, 2.24) is 0 Å². The number of rotatable bonds is 2. The molecular weight excluding hydrogens is 336 g/mol. The molecule has 24 heavy (non-hydrogen) atoms. The number of anilines is 1. The summed E-state index contributed by atoms with van der Waals surface area (Å²) in [5, 5.41) is 7.74. The number of methoxy groups -OCH3 is 1. The van der Waals surface area contributed by atoms with Crippen molar-refractivity contribution in [3.63, 3.8) is 0 Å². The number of amides is 1. The fraction of sp³-hybridized carbons (Fsp3) is 0.0667. The van der Waals surface area contributed by atoms with E-state index in [1.807, 2.05) is 0 Å². The second-order valence-electron chi connectivity index (χ2n) is 4.94. The van der Waals surface area contributed by atoms with Crippen molar-refractivity contribution < 1.29 is 27.5 Å². The van der Waals surface area contributed by atoms with E-state index >= 15 is 0 Å². The first-order valence-electron chi connectivity index (χ1n) is 6.68.